The molecule has 0 atom stereocenters. The molecule has 5 heteroatoms. The van der Waals surface area contributed by atoms with E-state index < -0.39 is 0 Å². The van der Waals surface area contributed by atoms with Crippen LogP contribution in [0.15, 0.2) is 71.0 Å². The number of fused-ring (bicyclic) bond motifs is 1. The Morgan fingerprint density at radius 2 is 1.71 bits per heavy atom. The van der Waals surface area contributed by atoms with Crippen LogP contribution < -0.4 is 9.47 Å². The fraction of sp³-hybridized carbons (Fsp3) is 0.211. The van der Waals surface area contributed by atoms with Crippen molar-refractivity contribution < 1.29 is 4.57 Å². The van der Waals surface area contributed by atoms with Crippen molar-refractivity contribution in [1.82, 2.24) is 0 Å². The molecule has 0 fully saturated rings. The monoisotopic (exact) mass is 337 g/mol. The summed E-state index contributed by atoms with van der Waals surface area (Å²) < 4.78 is 2.19. The van der Waals surface area contributed by atoms with Crippen molar-refractivity contribution in [2.45, 2.75) is 6.54 Å². The number of anilines is 1. The van der Waals surface area contributed by atoms with Gasteiger partial charge in [-0.25, -0.2) is 0 Å². The summed E-state index contributed by atoms with van der Waals surface area (Å²) >= 11 is 4.33. The summed E-state index contributed by atoms with van der Waals surface area (Å²) in [4.78, 5) is 2.06. The van der Waals surface area contributed by atoms with Gasteiger partial charge in [0.15, 0.2) is 12.7 Å². The molecule has 0 unspecified atom stereocenters. The second kappa shape index (κ2) is 7.45. The van der Waals surface area contributed by atoms with Crippen LogP contribution in [0.2, 0.25) is 0 Å². The predicted octanol–water partition coefficient (Wildman–Crippen LogP) is 4.54. The van der Waals surface area contributed by atoms with Gasteiger partial charge in [0.25, 0.3) is 0 Å². The van der Waals surface area contributed by atoms with E-state index in [-0.39, 0.29) is 0 Å². The number of rotatable bonds is 5. The zero-order chi connectivity index (χ0) is 16.9. The first-order chi connectivity index (χ1) is 11.7. The SMILES string of the molecule is CN(C)c1ccc(/N=N/c2cc[n+](CCS)c3ccccc23)cc1. The topological polar surface area (TPSA) is 31.8 Å². The Labute approximate surface area is 147 Å². The molecular formula is C19H21N4S+. The number of thiol groups is 1. The molecule has 0 aliphatic heterocycles. The molecule has 1 aromatic heterocycles. The van der Waals surface area contributed by atoms with Crippen LogP contribution in [-0.2, 0) is 6.54 Å². The Kier molecular flexibility index (Phi) is 5.11. The third kappa shape index (κ3) is 3.57. The van der Waals surface area contributed by atoms with Crippen LogP contribution in [0.3, 0.4) is 0 Å². The summed E-state index contributed by atoms with van der Waals surface area (Å²) in [7, 11) is 4.04. The minimum absolute atomic E-state index is 0.799. The molecule has 2 aromatic carbocycles. The first kappa shape index (κ1) is 16.5. The zero-order valence-corrected chi connectivity index (χ0v) is 14.8. The molecular weight excluding hydrogens is 316 g/mol. The van der Waals surface area contributed by atoms with Crippen LogP contribution in [-0.4, -0.2) is 19.8 Å². The Bertz CT molecular complexity index is 857. The lowest BCUT2D eigenvalue weighted by molar-refractivity contribution is -0.666. The van der Waals surface area contributed by atoms with Gasteiger partial charge in [-0.3, -0.25) is 0 Å². The minimum atomic E-state index is 0.799. The average molecular weight is 337 g/mol. The third-order valence-electron chi connectivity index (χ3n) is 3.88. The highest BCUT2D eigenvalue weighted by Crippen LogP contribution is 2.26. The van der Waals surface area contributed by atoms with Crippen LogP contribution in [0.5, 0.6) is 0 Å². The van der Waals surface area contributed by atoms with Gasteiger partial charge in [-0.15, -0.1) is 5.11 Å². The second-order valence-electron chi connectivity index (χ2n) is 5.75. The highest BCUT2D eigenvalue weighted by molar-refractivity contribution is 7.80. The summed E-state index contributed by atoms with van der Waals surface area (Å²) in [6, 6.07) is 18.3. The van der Waals surface area contributed by atoms with E-state index in [1.807, 2.05) is 62.8 Å². The minimum Gasteiger partial charge on any atom is -0.378 e. The molecule has 122 valence electrons. The molecule has 0 aliphatic carbocycles. The Morgan fingerprint density at radius 1 is 0.958 bits per heavy atom. The molecule has 0 bridgehead atoms. The summed E-state index contributed by atoms with van der Waals surface area (Å²) in [5, 5.41) is 9.94. The van der Waals surface area contributed by atoms with Crippen molar-refractivity contribution in [2.24, 2.45) is 10.2 Å². The quantitative estimate of drug-likeness (QED) is 0.414. The van der Waals surface area contributed by atoms with Crippen LogP contribution in [0.4, 0.5) is 17.1 Å². The molecule has 4 nitrogen and oxygen atoms in total. The van der Waals surface area contributed by atoms with E-state index in [1.54, 1.807) is 0 Å². The molecule has 0 radical (unpaired) electrons. The van der Waals surface area contributed by atoms with E-state index in [1.165, 1.54) is 0 Å². The number of hydrogen-bond acceptors (Lipinski definition) is 4. The van der Waals surface area contributed by atoms with Crippen molar-refractivity contribution in [3.63, 3.8) is 0 Å². The van der Waals surface area contributed by atoms with E-state index in [2.05, 4.69) is 44.5 Å². The molecule has 24 heavy (non-hydrogen) atoms. The lowest BCUT2D eigenvalue weighted by Gasteiger charge is -2.11. The van der Waals surface area contributed by atoms with Gasteiger partial charge in [0.1, 0.15) is 5.69 Å². The number of aromatic nitrogens is 1. The Hall–Kier alpha value is -2.40. The average Bonchev–Trinajstić information content (AvgIpc) is 2.61. The number of nitrogens with zero attached hydrogens (tertiary/aromatic N) is 4. The van der Waals surface area contributed by atoms with Crippen molar-refractivity contribution in [3.8, 4) is 0 Å². The maximum atomic E-state index is 4.46. The highest BCUT2D eigenvalue weighted by Gasteiger charge is 2.11. The first-order valence-electron chi connectivity index (χ1n) is 7.90. The van der Waals surface area contributed by atoms with E-state index in [0.717, 1.165) is 40.3 Å². The largest absolute Gasteiger partial charge is 0.378 e. The number of pyridine rings is 1. The number of para-hydroxylation sites is 1. The van der Waals surface area contributed by atoms with Crippen molar-refractivity contribution in [2.75, 3.05) is 24.7 Å². The normalized spacial score (nSPS) is 11.3. The highest BCUT2D eigenvalue weighted by atomic mass is 32.1. The Balaban J connectivity index is 1.93. The fourth-order valence-corrected chi connectivity index (χ4v) is 2.81. The van der Waals surface area contributed by atoms with E-state index >= 15 is 0 Å². The summed E-state index contributed by atoms with van der Waals surface area (Å²) in [6.07, 6.45) is 2.04. The van der Waals surface area contributed by atoms with Gasteiger partial charge in [0, 0.05) is 37.7 Å². The smallest absolute Gasteiger partial charge is 0.214 e. The van der Waals surface area contributed by atoms with Gasteiger partial charge in [0.2, 0.25) is 5.52 Å². The number of hydrogen-bond donors (Lipinski definition) is 1. The maximum absolute atomic E-state index is 4.46. The van der Waals surface area contributed by atoms with Gasteiger partial charge in [0.05, 0.1) is 11.1 Å². The van der Waals surface area contributed by atoms with Gasteiger partial charge in [-0.05, 0) is 30.3 Å². The lowest BCUT2D eigenvalue weighted by atomic mass is 10.2. The van der Waals surface area contributed by atoms with Crippen molar-refractivity contribution in [3.05, 3.63) is 60.8 Å². The van der Waals surface area contributed by atoms with Crippen LogP contribution in [0.25, 0.3) is 10.9 Å². The zero-order valence-electron chi connectivity index (χ0n) is 13.9. The third-order valence-corrected chi connectivity index (χ3v) is 4.08. The van der Waals surface area contributed by atoms with Crippen LogP contribution in [0.1, 0.15) is 0 Å². The van der Waals surface area contributed by atoms with Crippen molar-refractivity contribution >= 4 is 40.6 Å². The van der Waals surface area contributed by atoms with Crippen LogP contribution >= 0.6 is 12.6 Å². The molecule has 0 N–H and O–H groups in total. The Morgan fingerprint density at radius 3 is 2.42 bits per heavy atom. The lowest BCUT2D eigenvalue weighted by Crippen LogP contribution is -2.34. The van der Waals surface area contributed by atoms with E-state index in [0.29, 0.717) is 0 Å². The van der Waals surface area contributed by atoms with Crippen molar-refractivity contribution in [1.29, 1.82) is 0 Å². The molecule has 0 saturated heterocycles. The summed E-state index contributed by atoms with van der Waals surface area (Å²) in [5.74, 6) is 0.799. The first-order valence-corrected chi connectivity index (χ1v) is 8.53. The van der Waals surface area contributed by atoms with E-state index in [9.17, 15) is 0 Å². The molecule has 3 aromatic rings. The molecule has 0 saturated carbocycles. The molecule has 0 amide bonds. The molecule has 0 spiro atoms. The number of benzene rings is 2. The standard InChI is InChI=1S/C19H20N4S/c1-22(2)16-9-7-15(8-10-16)20-21-18-11-12-23(13-14-24)19-6-4-3-5-17(18)19/h3-12H,13-14H2,1-2H3/p+1. The number of azo groups is 1. The summed E-state index contributed by atoms with van der Waals surface area (Å²) in [5.41, 5.74) is 4.01. The maximum Gasteiger partial charge on any atom is 0.214 e. The van der Waals surface area contributed by atoms with Crippen LogP contribution in [0, 0.1) is 0 Å². The molecule has 3 rings (SSSR count). The predicted molar refractivity (Wildman–Crippen MR) is 103 cm³/mol. The molecule has 0 aliphatic rings. The summed E-state index contributed by atoms with van der Waals surface area (Å²) in [6.45, 7) is 0.868. The number of aryl methyl sites for hydroxylation is 1. The fourth-order valence-electron chi connectivity index (χ4n) is 2.59. The second-order valence-corrected chi connectivity index (χ2v) is 6.19. The van der Waals surface area contributed by atoms with Gasteiger partial charge < -0.3 is 4.90 Å². The van der Waals surface area contributed by atoms with Gasteiger partial charge >= 0.3 is 0 Å². The van der Waals surface area contributed by atoms with E-state index in [4.69, 9.17) is 0 Å². The van der Waals surface area contributed by atoms with Gasteiger partial charge in [-0.2, -0.15) is 22.3 Å². The van der Waals surface area contributed by atoms with Gasteiger partial charge in [-0.1, -0.05) is 12.1 Å². The molecule has 1 heterocycles.